The molecule has 2 N–H and O–H groups in total. The number of hydrogen-bond acceptors (Lipinski definition) is 4. The second-order valence-corrected chi connectivity index (χ2v) is 4.69. The smallest absolute Gasteiger partial charge is 0.269 e. The van der Waals surface area contributed by atoms with Gasteiger partial charge < -0.3 is 10.4 Å². The van der Waals surface area contributed by atoms with Crippen molar-refractivity contribution in [2.24, 2.45) is 0 Å². The molecule has 0 saturated carbocycles. The number of hydrogen-bond donors (Lipinski definition) is 2. The zero-order valence-corrected chi connectivity index (χ0v) is 11.8. The quantitative estimate of drug-likeness (QED) is 0.391. The lowest BCUT2D eigenvalue weighted by atomic mass is 10.1. The normalized spacial score (nSPS) is 11.0. The number of benzene rings is 2. The molecule has 0 unspecified atom stereocenters. The number of carbonyl (C=O) groups is 1. The third-order valence-corrected chi connectivity index (χ3v) is 2.93. The Morgan fingerprint density at radius 3 is 2.50 bits per heavy atom. The van der Waals surface area contributed by atoms with Crippen LogP contribution in [0.4, 0.5) is 11.4 Å². The third kappa shape index (κ3) is 3.92. The fraction of sp³-hybridized carbons (Fsp3) is 0.0625. The number of non-ortho nitro benzene ring substituents is 1. The lowest BCUT2D eigenvalue weighted by molar-refractivity contribution is -0.384. The van der Waals surface area contributed by atoms with Crippen LogP contribution in [-0.4, -0.2) is 15.9 Å². The van der Waals surface area contributed by atoms with Gasteiger partial charge in [0.15, 0.2) is 0 Å². The van der Waals surface area contributed by atoms with Crippen molar-refractivity contribution in [2.45, 2.75) is 6.92 Å². The summed E-state index contributed by atoms with van der Waals surface area (Å²) in [4.78, 5) is 21.8. The van der Waals surface area contributed by atoms with Crippen LogP contribution >= 0.6 is 0 Å². The minimum atomic E-state index is -0.533. The lowest BCUT2D eigenvalue weighted by Gasteiger charge is -2.04. The maximum absolute atomic E-state index is 11.8. The summed E-state index contributed by atoms with van der Waals surface area (Å²) in [7, 11) is 0. The summed E-state index contributed by atoms with van der Waals surface area (Å²) in [6, 6.07) is 12.5. The van der Waals surface area contributed by atoms with Crippen LogP contribution in [0.25, 0.3) is 5.76 Å². The van der Waals surface area contributed by atoms with E-state index >= 15 is 0 Å². The monoisotopic (exact) mass is 298 g/mol. The fourth-order valence-electron chi connectivity index (χ4n) is 1.86. The van der Waals surface area contributed by atoms with Crippen LogP contribution in [0, 0.1) is 17.0 Å². The van der Waals surface area contributed by atoms with Crippen LogP contribution in [0.1, 0.15) is 11.1 Å². The first-order valence-corrected chi connectivity index (χ1v) is 6.49. The predicted octanol–water partition coefficient (Wildman–Crippen LogP) is 3.44. The molecule has 2 aromatic rings. The maximum Gasteiger partial charge on any atom is 0.269 e. The van der Waals surface area contributed by atoms with Gasteiger partial charge >= 0.3 is 0 Å². The molecule has 0 fully saturated rings. The highest BCUT2D eigenvalue weighted by Crippen LogP contribution is 2.17. The van der Waals surface area contributed by atoms with Gasteiger partial charge in [0.2, 0.25) is 0 Å². The van der Waals surface area contributed by atoms with Crippen molar-refractivity contribution >= 4 is 23.0 Å². The van der Waals surface area contributed by atoms with Crippen LogP contribution in [0.15, 0.2) is 54.6 Å². The average molecular weight is 298 g/mol. The third-order valence-electron chi connectivity index (χ3n) is 2.93. The lowest BCUT2D eigenvalue weighted by Crippen LogP contribution is -2.08. The van der Waals surface area contributed by atoms with E-state index in [1.165, 1.54) is 24.3 Å². The number of aliphatic hydroxyl groups excluding tert-OH is 1. The number of rotatable bonds is 4. The highest BCUT2D eigenvalue weighted by atomic mass is 16.6. The minimum absolute atomic E-state index is 0.0826. The summed E-state index contributed by atoms with van der Waals surface area (Å²) >= 11 is 0. The van der Waals surface area contributed by atoms with Gasteiger partial charge in [0.05, 0.1) is 4.92 Å². The number of anilines is 1. The summed E-state index contributed by atoms with van der Waals surface area (Å²) in [5.41, 5.74) is 1.87. The van der Waals surface area contributed by atoms with E-state index in [4.69, 9.17) is 0 Å². The Bertz CT molecular complexity index is 736. The zero-order valence-electron chi connectivity index (χ0n) is 11.8. The first kappa shape index (κ1) is 15.2. The van der Waals surface area contributed by atoms with E-state index in [0.29, 0.717) is 11.3 Å². The number of amides is 1. The van der Waals surface area contributed by atoms with Crippen molar-refractivity contribution in [3.8, 4) is 0 Å². The van der Waals surface area contributed by atoms with Gasteiger partial charge in [-0.1, -0.05) is 12.1 Å². The van der Waals surface area contributed by atoms with Gasteiger partial charge in [-0.25, -0.2) is 0 Å². The van der Waals surface area contributed by atoms with Crippen LogP contribution in [-0.2, 0) is 4.79 Å². The molecule has 0 heterocycles. The molecule has 0 aliphatic rings. The SMILES string of the molecule is Cc1cccc(NC(=O)C=C(O)c2ccc([N+](=O)[O-])cc2)c1. The van der Waals surface area contributed by atoms with Crippen LogP contribution in [0.5, 0.6) is 0 Å². The first-order chi connectivity index (χ1) is 10.5. The van der Waals surface area contributed by atoms with Crippen LogP contribution in [0.2, 0.25) is 0 Å². The minimum Gasteiger partial charge on any atom is -0.507 e. The Morgan fingerprint density at radius 1 is 1.23 bits per heavy atom. The maximum atomic E-state index is 11.8. The molecule has 1 amide bonds. The Hall–Kier alpha value is -3.15. The largest absolute Gasteiger partial charge is 0.507 e. The molecule has 0 bridgehead atoms. The molecule has 0 atom stereocenters. The molecule has 6 nitrogen and oxygen atoms in total. The summed E-state index contributed by atoms with van der Waals surface area (Å²) in [5.74, 6) is -0.749. The second-order valence-electron chi connectivity index (χ2n) is 4.69. The molecule has 0 spiro atoms. The standard InChI is InChI=1S/C16H14N2O4/c1-11-3-2-4-13(9-11)17-16(20)10-15(19)12-5-7-14(8-6-12)18(21)22/h2-10,19H,1H3,(H,17,20). The Kier molecular flexibility index (Phi) is 4.53. The number of aliphatic hydroxyl groups is 1. The van der Waals surface area contributed by atoms with E-state index < -0.39 is 10.8 Å². The number of carbonyl (C=O) groups excluding carboxylic acids is 1. The molecule has 0 aliphatic heterocycles. The van der Waals surface area contributed by atoms with E-state index in [-0.39, 0.29) is 11.4 Å². The number of nitro benzene ring substituents is 1. The Labute approximate surface area is 126 Å². The van der Waals surface area contributed by atoms with Gasteiger partial charge in [0.25, 0.3) is 11.6 Å². The molecular weight excluding hydrogens is 284 g/mol. The van der Waals surface area contributed by atoms with Gasteiger partial charge in [-0.2, -0.15) is 0 Å². The van der Waals surface area contributed by atoms with Gasteiger partial charge in [-0.05, 0) is 36.8 Å². The van der Waals surface area contributed by atoms with Gasteiger partial charge in [0, 0.05) is 29.5 Å². The first-order valence-electron chi connectivity index (χ1n) is 6.49. The number of nitrogens with zero attached hydrogens (tertiary/aromatic N) is 1. The van der Waals surface area contributed by atoms with E-state index in [9.17, 15) is 20.0 Å². The van der Waals surface area contributed by atoms with Crippen LogP contribution in [0.3, 0.4) is 0 Å². The van der Waals surface area contributed by atoms with Crippen molar-refractivity contribution in [2.75, 3.05) is 5.32 Å². The van der Waals surface area contributed by atoms with Crippen molar-refractivity contribution < 1.29 is 14.8 Å². The molecule has 6 heteroatoms. The highest BCUT2D eigenvalue weighted by Gasteiger charge is 2.08. The summed E-state index contributed by atoms with van der Waals surface area (Å²) in [6.07, 6.45) is 1.03. The molecule has 2 aromatic carbocycles. The molecular formula is C16H14N2O4. The van der Waals surface area contributed by atoms with Crippen molar-refractivity contribution in [1.82, 2.24) is 0 Å². The average Bonchev–Trinajstić information content (AvgIpc) is 2.47. The van der Waals surface area contributed by atoms with Gasteiger partial charge in [-0.3, -0.25) is 14.9 Å². The van der Waals surface area contributed by atoms with E-state index in [0.717, 1.165) is 11.6 Å². The summed E-state index contributed by atoms with van der Waals surface area (Å²) in [6.45, 7) is 1.90. The number of nitrogens with one attached hydrogen (secondary N) is 1. The van der Waals surface area contributed by atoms with Gasteiger partial charge in [0.1, 0.15) is 5.76 Å². The predicted molar refractivity (Wildman–Crippen MR) is 83.5 cm³/mol. The topological polar surface area (TPSA) is 92.5 Å². The molecule has 0 radical (unpaired) electrons. The van der Waals surface area contributed by atoms with E-state index in [2.05, 4.69) is 5.32 Å². The summed E-state index contributed by atoms with van der Waals surface area (Å²) in [5, 5.41) is 23.1. The van der Waals surface area contributed by atoms with Gasteiger partial charge in [-0.15, -0.1) is 0 Å². The zero-order chi connectivity index (χ0) is 16.1. The Morgan fingerprint density at radius 2 is 1.91 bits per heavy atom. The molecule has 0 aliphatic carbocycles. The second kappa shape index (κ2) is 6.53. The number of aryl methyl sites for hydroxylation is 1. The summed E-state index contributed by atoms with van der Waals surface area (Å²) < 4.78 is 0. The van der Waals surface area contributed by atoms with Crippen LogP contribution < -0.4 is 5.32 Å². The molecule has 22 heavy (non-hydrogen) atoms. The molecule has 112 valence electrons. The Balaban J connectivity index is 2.10. The van der Waals surface area contributed by atoms with E-state index in [1.54, 1.807) is 12.1 Å². The molecule has 2 rings (SSSR count). The van der Waals surface area contributed by atoms with Crippen molar-refractivity contribution in [3.63, 3.8) is 0 Å². The number of nitro groups is 1. The van der Waals surface area contributed by atoms with E-state index in [1.807, 2.05) is 19.1 Å². The highest BCUT2D eigenvalue weighted by molar-refractivity contribution is 6.03. The molecule has 0 aromatic heterocycles. The fourth-order valence-corrected chi connectivity index (χ4v) is 1.86. The molecule has 0 saturated heterocycles. The van der Waals surface area contributed by atoms with Crippen molar-refractivity contribution in [1.29, 1.82) is 0 Å². The van der Waals surface area contributed by atoms with Crippen molar-refractivity contribution in [3.05, 3.63) is 75.8 Å².